The molecule has 3 rings (SSSR count). The van der Waals surface area contributed by atoms with Gasteiger partial charge in [0, 0.05) is 11.6 Å². The molecular formula is C31H40N4. The van der Waals surface area contributed by atoms with Crippen LogP contribution in [0.2, 0.25) is 0 Å². The molecule has 1 aromatic heterocycles. The highest BCUT2D eigenvalue weighted by molar-refractivity contribution is 5.96. The second-order valence-corrected chi connectivity index (χ2v) is 9.37. The Bertz CT molecular complexity index is 1120. The summed E-state index contributed by atoms with van der Waals surface area (Å²) in [5.41, 5.74) is 8.32. The summed E-state index contributed by atoms with van der Waals surface area (Å²) >= 11 is 0. The van der Waals surface area contributed by atoms with E-state index in [1.165, 1.54) is 16.7 Å². The van der Waals surface area contributed by atoms with Crippen molar-refractivity contribution in [2.24, 2.45) is 4.99 Å². The second-order valence-electron chi connectivity index (χ2n) is 9.37. The number of nitrogens with zero attached hydrogens (tertiary/aromatic N) is 2. The monoisotopic (exact) mass is 468 g/mol. The van der Waals surface area contributed by atoms with Crippen LogP contribution in [0.25, 0.3) is 17.0 Å². The molecule has 0 saturated carbocycles. The van der Waals surface area contributed by atoms with Crippen LogP contribution in [0.3, 0.4) is 0 Å². The lowest BCUT2D eigenvalue weighted by Crippen LogP contribution is -2.28. The zero-order valence-corrected chi connectivity index (χ0v) is 22.0. The predicted octanol–water partition coefficient (Wildman–Crippen LogP) is 7.93. The van der Waals surface area contributed by atoms with Crippen molar-refractivity contribution in [1.29, 1.82) is 0 Å². The molecule has 2 N–H and O–H groups in total. The number of benzene rings is 2. The molecule has 0 radical (unpaired) electrons. The average molecular weight is 469 g/mol. The molecule has 0 unspecified atom stereocenters. The first kappa shape index (κ1) is 26.2. The largest absolute Gasteiger partial charge is 0.381 e. The molecule has 0 atom stereocenters. The molecule has 0 amide bonds. The molecule has 4 heteroatoms. The molecule has 4 nitrogen and oxygen atoms in total. The molecule has 0 saturated heterocycles. The van der Waals surface area contributed by atoms with Crippen molar-refractivity contribution < 1.29 is 0 Å². The Labute approximate surface area is 211 Å². The van der Waals surface area contributed by atoms with E-state index in [9.17, 15) is 0 Å². The summed E-state index contributed by atoms with van der Waals surface area (Å²) < 4.78 is 0. The summed E-state index contributed by atoms with van der Waals surface area (Å²) in [6.07, 6.45) is 4.50. The van der Waals surface area contributed by atoms with Crippen LogP contribution in [0, 0.1) is 13.8 Å². The number of aryl methyl sites for hydroxylation is 2. The van der Waals surface area contributed by atoms with E-state index in [0.29, 0.717) is 12.6 Å². The van der Waals surface area contributed by atoms with Gasteiger partial charge in [-0.25, -0.2) is 4.98 Å². The van der Waals surface area contributed by atoms with E-state index in [1.807, 2.05) is 6.92 Å². The van der Waals surface area contributed by atoms with E-state index in [4.69, 9.17) is 9.98 Å². The molecule has 0 aliphatic rings. The third kappa shape index (κ3) is 7.81. The maximum absolute atomic E-state index is 5.05. The molecule has 35 heavy (non-hydrogen) atoms. The Hall–Kier alpha value is -3.40. The zero-order valence-electron chi connectivity index (χ0n) is 22.0. The summed E-state index contributed by atoms with van der Waals surface area (Å²) in [6.45, 7) is 15.7. The summed E-state index contributed by atoms with van der Waals surface area (Å²) in [4.78, 5) is 9.80. The van der Waals surface area contributed by atoms with Crippen molar-refractivity contribution in [2.45, 2.75) is 72.9 Å². The summed E-state index contributed by atoms with van der Waals surface area (Å²) in [7, 11) is 0. The van der Waals surface area contributed by atoms with Crippen LogP contribution in [-0.4, -0.2) is 16.9 Å². The van der Waals surface area contributed by atoms with Crippen molar-refractivity contribution in [3.8, 4) is 11.3 Å². The molecule has 0 aliphatic carbocycles. The summed E-state index contributed by atoms with van der Waals surface area (Å²) in [5.74, 6) is 0.850. The molecule has 0 spiro atoms. The predicted molar refractivity (Wildman–Crippen MR) is 152 cm³/mol. The fourth-order valence-electron chi connectivity index (χ4n) is 4.11. The Balaban J connectivity index is 1.88. The van der Waals surface area contributed by atoms with Crippen LogP contribution < -0.4 is 10.6 Å². The van der Waals surface area contributed by atoms with Crippen molar-refractivity contribution >= 4 is 17.2 Å². The zero-order chi connectivity index (χ0) is 25.2. The van der Waals surface area contributed by atoms with Gasteiger partial charge in [0.2, 0.25) is 0 Å². The molecule has 1 heterocycles. The van der Waals surface area contributed by atoms with Gasteiger partial charge in [-0.1, -0.05) is 92.9 Å². The van der Waals surface area contributed by atoms with Crippen molar-refractivity contribution in [1.82, 2.24) is 10.3 Å². The fraction of sp³-hybridized carbons (Fsp3) is 0.355. The number of pyridine rings is 1. The second kappa shape index (κ2) is 12.9. The molecular weight excluding hydrogens is 428 g/mol. The number of hydrogen-bond acceptors (Lipinski definition) is 3. The Kier molecular flexibility index (Phi) is 9.66. The van der Waals surface area contributed by atoms with Crippen molar-refractivity contribution in [3.05, 3.63) is 89.6 Å². The number of anilines is 1. The van der Waals surface area contributed by atoms with Gasteiger partial charge in [0.05, 0.1) is 29.5 Å². The summed E-state index contributed by atoms with van der Waals surface area (Å²) in [5, 5.41) is 7.15. The highest BCUT2D eigenvalue weighted by atomic mass is 15.0. The fourth-order valence-corrected chi connectivity index (χ4v) is 4.11. The first-order valence-corrected chi connectivity index (χ1v) is 12.8. The van der Waals surface area contributed by atoms with Crippen LogP contribution in [0.4, 0.5) is 5.69 Å². The molecule has 0 fully saturated rings. The van der Waals surface area contributed by atoms with E-state index < -0.39 is 0 Å². The van der Waals surface area contributed by atoms with Gasteiger partial charge in [0.25, 0.3) is 0 Å². The minimum Gasteiger partial charge on any atom is -0.381 e. The Morgan fingerprint density at radius 3 is 2.09 bits per heavy atom. The van der Waals surface area contributed by atoms with Gasteiger partial charge in [-0.05, 0) is 51.3 Å². The maximum atomic E-state index is 5.05. The molecule has 184 valence electrons. The Morgan fingerprint density at radius 1 is 0.886 bits per heavy atom. The number of aliphatic imine (C=N–C) groups is 1. The third-order valence-corrected chi connectivity index (χ3v) is 6.12. The number of amidine groups is 1. The molecule has 0 aliphatic heterocycles. The maximum Gasteiger partial charge on any atom is 0.110 e. The van der Waals surface area contributed by atoms with E-state index in [1.54, 1.807) is 0 Å². The average Bonchev–Trinajstić information content (AvgIpc) is 2.85. The van der Waals surface area contributed by atoms with Gasteiger partial charge < -0.3 is 10.6 Å². The van der Waals surface area contributed by atoms with Crippen molar-refractivity contribution in [3.63, 3.8) is 0 Å². The highest BCUT2D eigenvalue weighted by Crippen LogP contribution is 2.26. The normalized spacial score (nSPS) is 11.5. The molecule has 0 bridgehead atoms. The molecule has 3 aromatic rings. The van der Waals surface area contributed by atoms with Gasteiger partial charge in [0.1, 0.15) is 5.69 Å². The van der Waals surface area contributed by atoms with Crippen molar-refractivity contribution in [2.75, 3.05) is 5.32 Å². The number of rotatable bonds is 11. The Morgan fingerprint density at radius 2 is 1.49 bits per heavy atom. The molecule has 2 aromatic carbocycles. The lowest BCUT2D eigenvalue weighted by molar-refractivity contribution is 0.502. The van der Waals surface area contributed by atoms with Crippen LogP contribution in [0.15, 0.2) is 72.2 Å². The van der Waals surface area contributed by atoms with Crippen LogP contribution in [0.1, 0.15) is 68.8 Å². The number of nitrogens with one attached hydrogen (secondary N) is 2. The number of hydrogen-bond donors (Lipinski definition) is 2. The van der Waals surface area contributed by atoms with Gasteiger partial charge in [0.15, 0.2) is 0 Å². The van der Waals surface area contributed by atoms with E-state index >= 15 is 0 Å². The first-order chi connectivity index (χ1) is 16.9. The minimum absolute atomic E-state index is 0.395. The third-order valence-electron chi connectivity index (χ3n) is 6.12. The topological polar surface area (TPSA) is 49.3 Å². The minimum atomic E-state index is 0.395. The smallest absolute Gasteiger partial charge is 0.110 e. The number of aromatic nitrogens is 1. The SMILES string of the molecule is C=C(NC(CCC)CCC)c1nc(-c2ccc(C)cc2)ccc1NC(C)=NCc1ccc(C)cc1. The van der Waals surface area contributed by atoms with Crippen LogP contribution in [-0.2, 0) is 6.54 Å². The lowest BCUT2D eigenvalue weighted by Gasteiger charge is -2.22. The van der Waals surface area contributed by atoms with E-state index in [0.717, 1.165) is 59.9 Å². The van der Waals surface area contributed by atoms with Crippen LogP contribution in [0.5, 0.6) is 0 Å². The van der Waals surface area contributed by atoms with E-state index in [2.05, 4.69) is 106 Å². The first-order valence-electron chi connectivity index (χ1n) is 12.8. The summed E-state index contributed by atoms with van der Waals surface area (Å²) in [6, 6.07) is 21.5. The van der Waals surface area contributed by atoms with Gasteiger partial charge in [-0.3, -0.25) is 4.99 Å². The van der Waals surface area contributed by atoms with Crippen LogP contribution >= 0.6 is 0 Å². The standard InChI is InChI=1S/C31H40N4/c1-7-9-28(10-8-2)33-24(5)31-30(20-19-29(35-31)27-17-13-23(4)14-18-27)34-25(6)32-21-26-15-11-22(3)12-16-26/h11-20,28,33H,5,7-10,21H2,1-4,6H3,(H,32,34). The van der Waals surface area contributed by atoms with Gasteiger partial charge in [-0.2, -0.15) is 0 Å². The van der Waals surface area contributed by atoms with E-state index in [-0.39, 0.29) is 0 Å². The van der Waals surface area contributed by atoms with Gasteiger partial charge >= 0.3 is 0 Å². The van der Waals surface area contributed by atoms with Gasteiger partial charge in [-0.15, -0.1) is 0 Å². The lowest BCUT2D eigenvalue weighted by atomic mass is 10.0. The quantitative estimate of drug-likeness (QED) is 0.222. The highest BCUT2D eigenvalue weighted by Gasteiger charge is 2.15.